The summed E-state index contributed by atoms with van der Waals surface area (Å²) in [6.07, 6.45) is 13.0. The van der Waals surface area contributed by atoms with Crippen molar-refractivity contribution in [3.8, 4) is 0 Å². The molecular formula is C16H26N4O. The molecule has 0 aromatic carbocycles. The van der Waals surface area contributed by atoms with E-state index >= 15 is 0 Å². The van der Waals surface area contributed by atoms with E-state index in [1.807, 2.05) is 25.6 Å². The van der Waals surface area contributed by atoms with E-state index in [1.165, 1.54) is 25.7 Å². The van der Waals surface area contributed by atoms with Gasteiger partial charge in [-0.05, 0) is 32.6 Å². The lowest BCUT2D eigenvalue weighted by molar-refractivity contribution is -0.123. The number of nitrogens with zero attached hydrogens (tertiary/aromatic N) is 2. The third-order valence-electron chi connectivity index (χ3n) is 4.91. The van der Waals surface area contributed by atoms with Gasteiger partial charge in [-0.2, -0.15) is 0 Å². The van der Waals surface area contributed by atoms with Crippen LogP contribution >= 0.6 is 0 Å². The number of hydrogen-bond donors (Lipinski definition) is 2. The van der Waals surface area contributed by atoms with Gasteiger partial charge in [0.2, 0.25) is 5.91 Å². The van der Waals surface area contributed by atoms with Crippen LogP contribution in [0, 0.1) is 5.41 Å². The van der Waals surface area contributed by atoms with Gasteiger partial charge in [-0.15, -0.1) is 0 Å². The summed E-state index contributed by atoms with van der Waals surface area (Å²) in [5.41, 5.74) is 0.322. The minimum absolute atomic E-state index is 0.106. The fraction of sp³-hybridized carbons (Fsp3) is 0.750. The summed E-state index contributed by atoms with van der Waals surface area (Å²) < 4.78 is 2.14. The number of carbonyl (C=O) groups excluding carboxylic acids is 1. The molecule has 2 aliphatic carbocycles. The second-order valence-corrected chi connectivity index (χ2v) is 6.83. The Morgan fingerprint density at radius 3 is 2.81 bits per heavy atom. The van der Waals surface area contributed by atoms with Crippen molar-refractivity contribution in [3.63, 3.8) is 0 Å². The molecule has 0 saturated heterocycles. The molecule has 3 rings (SSSR count). The maximum absolute atomic E-state index is 12.2. The van der Waals surface area contributed by atoms with Crippen LogP contribution in [-0.2, 0) is 11.3 Å². The van der Waals surface area contributed by atoms with Crippen molar-refractivity contribution in [1.82, 2.24) is 20.2 Å². The van der Waals surface area contributed by atoms with E-state index in [2.05, 4.69) is 20.2 Å². The third-order valence-corrected chi connectivity index (χ3v) is 4.91. The summed E-state index contributed by atoms with van der Waals surface area (Å²) in [4.78, 5) is 16.3. The first-order chi connectivity index (χ1) is 10.2. The lowest BCUT2D eigenvalue weighted by Gasteiger charge is -2.21. The number of imidazole rings is 1. The molecule has 0 spiro atoms. The maximum atomic E-state index is 12.2. The second-order valence-electron chi connectivity index (χ2n) is 6.83. The molecule has 2 fully saturated rings. The molecular weight excluding hydrogens is 264 g/mol. The molecule has 5 nitrogen and oxygen atoms in total. The molecule has 5 heteroatoms. The summed E-state index contributed by atoms with van der Waals surface area (Å²) in [7, 11) is 0. The Hall–Kier alpha value is -1.36. The Kier molecular flexibility index (Phi) is 4.29. The van der Waals surface area contributed by atoms with Gasteiger partial charge in [0.1, 0.15) is 0 Å². The highest BCUT2D eigenvalue weighted by atomic mass is 16.2. The topological polar surface area (TPSA) is 59.0 Å². The van der Waals surface area contributed by atoms with Crippen LogP contribution in [0.2, 0.25) is 0 Å². The SMILES string of the molecule is CC(NCC1(Cn2ccnc2)CC1)C(=O)NC1CCCC1. The first kappa shape index (κ1) is 14.6. The number of amides is 1. The number of hydrogen-bond acceptors (Lipinski definition) is 3. The molecule has 21 heavy (non-hydrogen) atoms. The Morgan fingerprint density at radius 2 is 2.19 bits per heavy atom. The van der Waals surface area contributed by atoms with Crippen LogP contribution in [-0.4, -0.2) is 34.1 Å². The minimum Gasteiger partial charge on any atom is -0.352 e. The van der Waals surface area contributed by atoms with Crippen LogP contribution in [0.15, 0.2) is 18.7 Å². The highest BCUT2D eigenvalue weighted by Crippen LogP contribution is 2.46. The van der Waals surface area contributed by atoms with E-state index in [1.54, 1.807) is 0 Å². The minimum atomic E-state index is -0.106. The van der Waals surface area contributed by atoms with Crippen LogP contribution in [0.4, 0.5) is 0 Å². The maximum Gasteiger partial charge on any atom is 0.237 e. The van der Waals surface area contributed by atoms with Crippen molar-refractivity contribution < 1.29 is 4.79 Å². The van der Waals surface area contributed by atoms with Crippen LogP contribution < -0.4 is 10.6 Å². The predicted molar refractivity (Wildman–Crippen MR) is 81.8 cm³/mol. The smallest absolute Gasteiger partial charge is 0.237 e. The van der Waals surface area contributed by atoms with E-state index in [-0.39, 0.29) is 11.9 Å². The van der Waals surface area contributed by atoms with E-state index in [0.717, 1.165) is 25.9 Å². The summed E-state index contributed by atoms with van der Waals surface area (Å²) in [6, 6.07) is 0.299. The summed E-state index contributed by atoms with van der Waals surface area (Å²) in [6.45, 7) is 3.87. The Morgan fingerprint density at radius 1 is 1.43 bits per heavy atom. The average Bonchev–Trinajstić information content (AvgIpc) is 2.88. The molecule has 2 N–H and O–H groups in total. The predicted octanol–water partition coefficient (Wildman–Crippen LogP) is 1.70. The number of rotatable bonds is 7. The van der Waals surface area contributed by atoms with Gasteiger partial charge in [0, 0.05) is 36.9 Å². The van der Waals surface area contributed by atoms with E-state index in [9.17, 15) is 4.79 Å². The monoisotopic (exact) mass is 290 g/mol. The van der Waals surface area contributed by atoms with Crippen molar-refractivity contribution in [1.29, 1.82) is 0 Å². The highest BCUT2D eigenvalue weighted by molar-refractivity contribution is 5.81. The summed E-state index contributed by atoms with van der Waals surface area (Å²) >= 11 is 0. The summed E-state index contributed by atoms with van der Waals surface area (Å²) in [5, 5.41) is 6.59. The lowest BCUT2D eigenvalue weighted by atomic mass is 10.1. The first-order valence-electron chi connectivity index (χ1n) is 8.16. The van der Waals surface area contributed by atoms with Gasteiger partial charge in [0.25, 0.3) is 0 Å². The quantitative estimate of drug-likeness (QED) is 0.803. The zero-order valence-electron chi connectivity index (χ0n) is 12.8. The van der Waals surface area contributed by atoms with Crippen molar-refractivity contribution in [3.05, 3.63) is 18.7 Å². The van der Waals surface area contributed by atoms with Crippen molar-refractivity contribution in [2.45, 2.75) is 64.1 Å². The van der Waals surface area contributed by atoms with Crippen LogP contribution in [0.25, 0.3) is 0 Å². The van der Waals surface area contributed by atoms with E-state index in [0.29, 0.717) is 11.5 Å². The number of nitrogens with one attached hydrogen (secondary N) is 2. The second kappa shape index (κ2) is 6.18. The van der Waals surface area contributed by atoms with Gasteiger partial charge in [-0.1, -0.05) is 12.8 Å². The molecule has 116 valence electrons. The molecule has 0 aliphatic heterocycles. The third kappa shape index (κ3) is 3.84. The van der Waals surface area contributed by atoms with E-state index in [4.69, 9.17) is 0 Å². The Balaban J connectivity index is 1.42. The normalized spacial score (nSPS) is 22.1. The van der Waals surface area contributed by atoms with Crippen molar-refractivity contribution >= 4 is 5.91 Å². The molecule has 0 bridgehead atoms. The van der Waals surface area contributed by atoms with Crippen molar-refractivity contribution in [2.75, 3.05) is 6.54 Å². The van der Waals surface area contributed by atoms with Gasteiger partial charge in [-0.3, -0.25) is 4.79 Å². The van der Waals surface area contributed by atoms with Gasteiger partial charge in [0.15, 0.2) is 0 Å². The number of carbonyl (C=O) groups is 1. The molecule has 1 unspecified atom stereocenters. The van der Waals surface area contributed by atoms with Crippen LogP contribution in [0.3, 0.4) is 0 Å². The molecule has 2 saturated carbocycles. The average molecular weight is 290 g/mol. The lowest BCUT2D eigenvalue weighted by Crippen LogP contribution is -2.47. The molecule has 0 radical (unpaired) electrons. The van der Waals surface area contributed by atoms with Gasteiger partial charge in [-0.25, -0.2) is 4.98 Å². The van der Waals surface area contributed by atoms with Gasteiger partial charge < -0.3 is 15.2 Å². The fourth-order valence-electron chi connectivity index (χ4n) is 3.19. The first-order valence-corrected chi connectivity index (χ1v) is 8.16. The van der Waals surface area contributed by atoms with Crippen molar-refractivity contribution in [2.24, 2.45) is 5.41 Å². The number of aromatic nitrogens is 2. The molecule has 1 heterocycles. The van der Waals surface area contributed by atoms with Crippen LogP contribution in [0.1, 0.15) is 45.4 Å². The molecule has 1 aromatic rings. The molecule has 1 amide bonds. The summed E-state index contributed by atoms with van der Waals surface area (Å²) in [5.74, 6) is 0.153. The Bertz CT molecular complexity index is 461. The van der Waals surface area contributed by atoms with Gasteiger partial charge >= 0.3 is 0 Å². The largest absolute Gasteiger partial charge is 0.352 e. The van der Waals surface area contributed by atoms with Gasteiger partial charge in [0.05, 0.1) is 12.4 Å². The fourth-order valence-corrected chi connectivity index (χ4v) is 3.19. The molecule has 1 atom stereocenters. The van der Waals surface area contributed by atoms with E-state index < -0.39 is 0 Å². The molecule has 1 aromatic heterocycles. The molecule has 2 aliphatic rings. The zero-order valence-corrected chi connectivity index (χ0v) is 12.8. The zero-order chi connectivity index (χ0) is 14.7. The highest BCUT2D eigenvalue weighted by Gasteiger charge is 2.42. The van der Waals surface area contributed by atoms with Crippen LogP contribution in [0.5, 0.6) is 0 Å². The standard InChI is InChI=1S/C16H26N4O/c1-13(15(21)19-14-4-2-3-5-14)18-10-16(6-7-16)11-20-9-8-17-12-20/h8-9,12-14,18H,2-7,10-11H2,1H3,(H,19,21). The Labute approximate surface area is 126 Å².